The number of aliphatic hydroxyl groups is 2. The van der Waals surface area contributed by atoms with Crippen LogP contribution in [0.4, 0.5) is 0 Å². The zero-order valence-corrected chi connectivity index (χ0v) is 14.7. The topological polar surface area (TPSA) is 88.5 Å². The van der Waals surface area contributed by atoms with Gasteiger partial charge in [-0.05, 0) is 0 Å². The summed E-state index contributed by atoms with van der Waals surface area (Å²) in [6, 6.07) is 0. The Morgan fingerprint density at radius 1 is 1.52 bits per heavy atom. The van der Waals surface area contributed by atoms with E-state index in [1.807, 2.05) is 0 Å². The second-order valence-electron chi connectivity index (χ2n) is 5.32. The average Bonchev–Trinajstić information content (AvgIpc) is 2.81. The van der Waals surface area contributed by atoms with Crippen LogP contribution in [0, 0.1) is 0 Å². The maximum absolute atomic E-state index is 11.5. The third kappa shape index (κ3) is 6.20. The molecule has 1 aliphatic rings. The van der Waals surface area contributed by atoms with Crippen molar-refractivity contribution in [2.24, 2.45) is 0 Å². The first-order valence-corrected chi connectivity index (χ1v) is 9.25. The quantitative estimate of drug-likeness (QED) is 0.350. The number of aliphatic hydroxyl groups excluding tert-OH is 2. The van der Waals surface area contributed by atoms with E-state index in [4.69, 9.17) is 14.3 Å². The molecule has 1 saturated heterocycles. The molecule has 0 aromatic rings. The fourth-order valence-electron chi connectivity index (χ4n) is 1.85. The van der Waals surface area contributed by atoms with Gasteiger partial charge in [0.05, 0.1) is 0 Å². The summed E-state index contributed by atoms with van der Waals surface area (Å²) in [4.78, 5) is 16.3. The van der Waals surface area contributed by atoms with Gasteiger partial charge in [-0.3, -0.25) is 0 Å². The molecule has 2 N–H and O–H groups in total. The molecule has 0 aromatic carbocycles. The molecule has 21 heavy (non-hydrogen) atoms. The number of rotatable bonds is 8. The summed E-state index contributed by atoms with van der Waals surface area (Å²) >= 11 is 0.0691. The Morgan fingerprint density at radius 3 is 2.71 bits per heavy atom. The zero-order chi connectivity index (χ0) is 16.0. The van der Waals surface area contributed by atoms with Gasteiger partial charge < -0.3 is 0 Å². The molecular formula is C13H25NO6Se. The van der Waals surface area contributed by atoms with Crippen molar-refractivity contribution in [1.82, 2.24) is 5.06 Å². The van der Waals surface area contributed by atoms with Crippen molar-refractivity contribution in [3.05, 3.63) is 0 Å². The van der Waals surface area contributed by atoms with E-state index in [0.29, 0.717) is 17.1 Å². The van der Waals surface area contributed by atoms with Crippen molar-refractivity contribution in [3.63, 3.8) is 0 Å². The number of ether oxygens (including phenoxy) is 2. The number of hydrogen-bond donors (Lipinski definition) is 2. The van der Waals surface area contributed by atoms with Crippen molar-refractivity contribution < 1.29 is 29.3 Å². The van der Waals surface area contributed by atoms with E-state index in [-0.39, 0.29) is 27.5 Å². The Labute approximate surface area is 131 Å². The van der Waals surface area contributed by atoms with Crippen LogP contribution in [-0.4, -0.2) is 81.0 Å². The van der Waals surface area contributed by atoms with Crippen molar-refractivity contribution >= 4 is 20.9 Å². The van der Waals surface area contributed by atoms with Crippen molar-refractivity contribution in [2.75, 3.05) is 20.8 Å². The van der Waals surface area contributed by atoms with Gasteiger partial charge >= 0.3 is 131 Å². The first-order chi connectivity index (χ1) is 9.76. The van der Waals surface area contributed by atoms with Crippen LogP contribution >= 0.6 is 0 Å². The predicted octanol–water partition coefficient (Wildman–Crippen LogP) is -0.190. The van der Waals surface area contributed by atoms with Gasteiger partial charge in [0.1, 0.15) is 0 Å². The Bertz CT molecular complexity index is 341. The normalized spacial score (nSPS) is 23.8. The molecule has 0 unspecified atom stereocenters. The number of carbonyl (C=O) groups is 1. The van der Waals surface area contributed by atoms with Gasteiger partial charge in [-0.1, -0.05) is 0 Å². The zero-order valence-electron chi connectivity index (χ0n) is 12.9. The molecule has 0 aliphatic carbocycles. The van der Waals surface area contributed by atoms with E-state index in [9.17, 15) is 15.0 Å². The molecule has 124 valence electrons. The van der Waals surface area contributed by atoms with Gasteiger partial charge in [0, 0.05) is 0 Å². The fraction of sp³-hybridized carbons (Fsp3) is 0.923. The van der Waals surface area contributed by atoms with E-state index in [2.05, 4.69) is 0 Å². The summed E-state index contributed by atoms with van der Waals surface area (Å²) in [5.41, 5.74) is 0. The van der Waals surface area contributed by atoms with E-state index in [1.54, 1.807) is 20.9 Å². The molecule has 0 aromatic heterocycles. The van der Waals surface area contributed by atoms with Crippen LogP contribution in [0.3, 0.4) is 0 Å². The van der Waals surface area contributed by atoms with Crippen LogP contribution in [-0.2, 0) is 19.1 Å². The van der Waals surface area contributed by atoms with E-state index in [1.165, 1.54) is 12.2 Å². The summed E-state index contributed by atoms with van der Waals surface area (Å²) in [6.45, 7) is 3.82. The Hall–Kier alpha value is -0.211. The predicted molar refractivity (Wildman–Crippen MR) is 76.7 cm³/mol. The van der Waals surface area contributed by atoms with Crippen molar-refractivity contribution in [2.45, 2.75) is 55.0 Å². The fourth-order valence-corrected chi connectivity index (χ4v) is 3.79. The summed E-state index contributed by atoms with van der Waals surface area (Å²) in [7, 11) is 3.00. The third-order valence-electron chi connectivity index (χ3n) is 3.18. The summed E-state index contributed by atoms with van der Waals surface area (Å²) < 4.78 is 10.9. The molecule has 1 aliphatic heterocycles. The van der Waals surface area contributed by atoms with Crippen molar-refractivity contribution in [3.8, 4) is 0 Å². The SMILES string of the molecule is CON(C)C(=O)CC[Se]C[C@@H](O)[C@H](O)[C@H]1COC(C)(C)O1. The number of amides is 1. The molecule has 8 heteroatoms. The van der Waals surface area contributed by atoms with Crippen LogP contribution < -0.4 is 0 Å². The van der Waals surface area contributed by atoms with Gasteiger partial charge in [0.25, 0.3) is 0 Å². The minimum atomic E-state index is -0.967. The molecule has 0 radical (unpaired) electrons. The summed E-state index contributed by atoms with van der Waals surface area (Å²) in [6.07, 6.45) is -1.95. The van der Waals surface area contributed by atoms with Crippen LogP contribution in [0.15, 0.2) is 0 Å². The molecule has 1 heterocycles. The molecule has 1 fully saturated rings. The molecule has 7 nitrogen and oxygen atoms in total. The van der Waals surface area contributed by atoms with Gasteiger partial charge in [0.2, 0.25) is 0 Å². The number of hydrogen-bond acceptors (Lipinski definition) is 6. The number of nitrogens with zero attached hydrogens (tertiary/aromatic N) is 1. The van der Waals surface area contributed by atoms with Gasteiger partial charge in [-0.2, -0.15) is 0 Å². The second kappa shape index (κ2) is 8.43. The molecule has 0 saturated carbocycles. The monoisotopic (exact) mass is 371 g/mol. The van der Waals surface area contributed by atoms with Gasteiger partial charge in [-0.25, -0.2) is 0 Å². The average molecular weight is 370 g/mol. The first-order valence-electron chi connectivity index (χ1n) is 6.83. The van der Waals surface area contributed by atoms with E-state index >= 15 is 0 Å². The van der Waals surface area contributed by atoms with E-state index < -0.39 is 24.1 Å². The van der Waals surface area contributed by atoms with Crippen LogP contribution in [0.25, 0.3) is 0 Å². The Balaban J connectivity index is 2.22. The van der Waals surface area contributed by atoms with Crippen LogP contribution in [0.1, 0.15) is 20.3 Å². The number of hydroxylamine groups is 2. The Morgan fingerprint density at radius 2 is 2.19 bits per heavy atom. The molecule has 1 amide bonds. The van der Waals surface area contributed by atoms with Gasteiger partial charge in [0.15, 0.2) is 0 Å². The maximum atomic E-state index is 11.5. The third-order valence-corrected chi connectivity index (χ3v) is 5.42. The minimum absolute atomic E-state index is 0.0691. The Kier molecular flexibility index (Phi) is 7.56. The standard InChI is InChI=1S/C13H25NO6Se/c1-13(2)19-7-10(20-13)12(17)9(15)8-21-6-5-11(16)14(3)18-4/h9-10,12,15,17H,5-8H2,1-4H3/t9-,10-,12+/m1/s1. The molecular weight excluding hydrogens is 345 g/mol. The second-order valence-corrected chi connectivity index (χ2v) is 7.74. The molecule has 0 spiro atoms. The molecule has 3 atom stereocenters. The van der Waals surface area contributed by atoms with Gasteiger partial charge in [-0.15, -0.1) is 0 Å². The van der Waals surface area contributed by atoms with Crippen molar-refractivity contribution in [1.29, 1.82) is 0 Å². The number of carbonyl (C=O) groups excluding carboxylic acids is 1. The van der Waals surface area contributed by atoms with Crippen LogP contribution in [0.5, 0.6) is 0 Å². The first kappa shape index (κ1) is 18.8. The molecule has 1 rings (SSSR count). The summed E-state index contributed by atoms with van der Waals surface area (Å²) in [5, 5.41) is 22.4. The van der Waals surface area contributed by atoms with Crippen LogP contribution in [0.2, 0.25) is 10.6 Å². The summed E-state index contributed by atoms with van der Waals surface area (Å²) in [5.74, 6) is -0.808. The van der Waals surface area contributed by atoms with E-state index in [0.717, 1.165) is 0 Å². The molecule has 0 bridgehead atoms.